The van der Waals surface area contributed by atoms with Gasteiger partial charge in [0.25, 0.3) is 0 Å². The molecule has 0 aliphatic heterocycles. The zero-order valence-electron chi connectivity index (χ0n) is 11.7. The number of hydrogen-bond acceptors (Lipinski definition) is 5. The molecular formula is C14H11F3N4O. The maximum absolute atomic E-state index is 12.8. The lowest BCUT2D eigenvalue weighted by molar-refractivity contribution is -0.139. The second kappa shape index (κ2) is 5.89. The Kier molecular flexibility index (Phi) is 4.17. The Morgan fingerprint density at radius 3 is 2.64 bits per heavy atom. The molecule has 0 radical (unpaired) electrons. The third-order valence-corrected chi connectivity index (χ3v) is 2.90. The van der Waals surface area contributed by atoms with Crippen molar-refractivity contribution in [2.45, 2.75) is 6.18 Å². The molecule has 0 spiro atoms. The number of benzene rings is 1. The summed E-state index contributed by atoms with van der Waals surface area (Å²) in [5.41, 5.74) is -0.0537. The maximum Gasteiger partial charge on any atom is 0.423 e. The molecule has 0 amide bonds. The van der Waals surface area contributed by atoms with Crippen LogP contribution < -0.4 is 9.64 Å². The largest absolute Gasteiger partial charge is 0.480 e. The quantitative estimate of drug-likeness (QED) is 0.871. The Morgan fingerprint density at radius 1 is 1.32 bits per heavy atom. The van der Waals surface area contributed by atoms with Crippen LogP contribution in [0.1, 0.15) is 11.1 Å². The van der Waals surface area contributed by atoms with Gasteiger partial charge in [0.15, 0.2) is 0 Å². The fourth-order valence-corrected chi connectivity index (χ4v) is 1.77. The van der Waals surface area contributed by atoms with Crippen molar-refractivity contribution in [1.82, 2.24) is 9.97 Å². The molecule has 0 bridgehead atoms. The predicted molar refractivity (Wildman–Crippen MR) is 72.8 cm³/mol. The van der Waals surface area contributed by atoms with Crippen LogP contribution in [0, 0.1) is 11.3 Å². The second-order valence-corrected chi connectivity index (χ2v) is 4.31. The van der Waals surface area contributed by atoms with E-state index in [-0.39, 0.29) is 5.95 Å². The van der Waals surface area contributed by atoms with Crippen molar-refractivity contribution in [3.63, 3.8) is 0 Å². The van der Waals surface area contributed by atoms with Crippen molar-refractivity contribution >= 4 is 11.6 Å². The summed E-state index contributed by atoms with van der Waals surface area (Å²) in [5, 5.41) is 8.88. The summed E-state index contributed by atoms with van der Waals surface area (Å²) < 4.78 is 43.0. The van der Waals surface area contributed by atoms with Crippen molar-refractivity contribution in [3.8, 4) is 11.9 Å². The Bertz CT molecular complexity index is 725. The minimum absolute atomic E-state index is 0.0277. The van der Waals surface area contributed by atoms with Gasteiger partial charge in [0.1, 0.15) is 5.56 Å². The van der Waals surface area contributed by atoms with Gasteiger partial charge in [0.05, 0.1) is 18.7 Å². The van der Waals surface area contributed by atoms with Gasteiger partial charge >= 0.3 is 6.18 Å². The number of alkyl halides is 3. The van der Waals surface area contributed by atoms with Crippen molar-refractivity contribution in [3.05, 3.63) is 41.6 Å². The molecule has 0 saturated carbocycles. The number of hydrogen-bond donors (Lipinski definition) is 0. The van der Waals surface area contributed by atoms with Crippen LogP contribution in [-0.4, -0.2) is 24.1 Å². The highest BCUT2D eigenvalue weighted by molar-refractivity contribution is 5.59. The van der Waals surface area contributed by atoms with Crippen LogP contribution in [-0.2, 0) is 6.18 Å². The lowest BCUT2D eigenvalue weighted by Gasteiger charge is -2.19. The van der Waals surface area contributed by atoms with E-state index in [1.165, 1.54) is 4.90 Å². The first-order valence-corrected chi connectivity index (χ1v) is 6.09. The summed E-state index contributed by atoms with van der Waals surface area (Å²) in [6, 6.07) is 8.53. The van der Waals surface area contributed by atoms with Gasteiger partial charge in [-0.25, -0.2) is 4.98 Å². The first-order valence-electron chi connectivity index (χ1n) is 6.09. The lowest BCUT2D eigenvalue weighted by Crippen LogP contribution is -2.16. The Morgan fingerprint density at radius 2 is 2.05 bits per heavy atom. The van der Waals surface area contributed by atoms with Gasteiger partial charge in [-0.3, -0.25) is 0 Å². The van der Waals surface area contributed by atoms with Crippen molar-refractivity contribution in [1.29, 1.82) is 5.26 Å². The van der Waals surface area contributed by atoms with Crippen LogP contribution in [0.15, 0.2) is 30.5 Å². The predicted octanol–water partition coefficient (Wildman–Crippen LogP) is 3.14. The number of methoxy groups -OCH3 is 1. The normalized spacial score (nSPS) is 10.9. The molecule has 8 heteroatoms. The summed E-state index contributed by atoms with van der Waals surface area (Å²) >= 11 is 0. The summed E-state index contributed by atoms with van der Waals surface area (Å²) in [5.74, 6) is -0.527. The summed E-state index contributed by atoms with van der Waals surface area (Å²) in [4.78, 5) is 8.96. The summed E-state index contributed by atoms with van der Waals surface area (Å²) in [6.45, 7) is 0. The topological polar surface area (TPSA) is 62.0 Å². The number of halogens is 3. The molecule has 114 valence electrons. The SMILES string of the molecule is COc1nc(N(C)c2cccc(C#N)c2)ncc1C(F)(F)F. The Balaban J connectivity index is 2.42. The van der Waals surface area contributed by atoms with Gasteiger partial charge < -0.3 is 9.64 Å². The van der Waals surface area contributed by atoms with Gasteiger partial charge in [0.2, 0.25) is 11.8 Å². The average molecular weight is 308 g/mol. The van der Waals surface area contributed by atoms with E-state index in [2.05, 4.69) is 9.97 Å². The number of nitrogens with zero attached hydrogens (tertiary/aromatic N) is 4. The number of aromatic nitrogens is 2. The molecular weight excluding hydrogens is 297 g/mol. The first-order chi connectivity index (χ1) is 10.4. The molecule has 2 rings (SSSR count). The molecule has 1 aromatic heterocycles. The van der Waals surface area contributed by atoms with Crippen molar-refractivity contribution < 1.29 is 17.9 Å². The third kappa shape index (κ3) is 3.09. The molecule has 0 unspecified atom stereocenters. The van der Waals surface area contributed by atoms with Gasteiger partial charge in [-0.2, -0.15) is 23.4 Å². The number of rotatable bonds is 3. The van der Waals surface area contributed by atoms with Crippen LogP contribution >= 0.6 is 0 Å². The highest BCUT2D eigenvalue weighted by atomic mass is 19.4. The van der Waals surface area contributed by atoms with Crippen molar-refractivity contribution in [2.24, 2.45) is 0 Å². The van der Waals surface area contributed by atoms with Crippen LogP contribution in [0.3, 0.4) is 0 Å². The fourth-order valence-electron chi connectivity index (χ4n) is 1.77. The highest BCUT2D eigenvalue weighted by Gasteiger charge is 2.36. The summed E-state index contributed by atoms with van der Waals surface area (Å²) in [6.07, 6.45) is -3.92. The van der Waals surface area contributed by atoms with E-state index < -0.39 is 17.6 Å². The van der Waals surface area contributed by atoms with E-state index in [4.69, 9.17) is 10.00 Å². The molecule has 0 aliphatic carbocycles. The number of anilines is 2. The average Bonchev–Trinajstić information content (AvgIpc) is 2.52. The zero-order valence-corrected chi connectivity index (χ0v) is 11.7. The molecule has 1 aromatic carbocycles. The molecule has 22 heavy (non-hydrogen) atoms. The van der Waals surface area contributed by atoms with Crippen LogP contribution in [0.4, 0.5) is 24.8 Å². The minimum atomic E-state index is -4.59. The van der Waals surface area contributed by atoms with Gasteiger partial charge in [-0.15, -0.1) is 0 Å². The Hall–Kier alpha value is -2.82. The number of nitriles is 1. The van der Waals surface area contributed by atoms with Gasteiger partial charge in [-0.05, 0) is 18.2 Å². The first kappa shape index (κ1) is 15.6. The van der Waals surface area contributed by atoms with E-state index in [1.807, 2.05) is 6.07 Å². The monoisotopic (exact) mass is 308 g/mol. The molecule has 1 heterocycles. The molecule has 0 fully saturated rings. The van der Waals surface area contributed by atoms with Gasteiger partial charge in [-0.1, -0.05) is 6.07 Å². The van der Waals surface area contributed by atoms with Crippen LogP contribution in [0.25, 0.3) is 0 Å². The maximum atomic E-state index is 12.8. The highest BCUT2D eigenvalue weighted by Crippen LogP contribution is 2.35. The zero-order chi connectivity index (χ0) is 16.3. The lowest BCUT2D eigenvalue weighted by atomic mass is 10.2. The molecule has 0 saturated heterocycles. The molecule has 5 nitrogen and oxygen atoms in total. The Labute approximate surface area is 124 Å². The molecule has 0 atom stereocenters. The second-order valence-electron chi connectivity index (χ2n) is 4.31. The smallest absolute Gasteiger partial charge is 0.423 e. The molecule has 0 N–H and O–H groups in total. The van der Waals surface area contributed by atoms with E-state index in [0.717, 1.165) is 7.11 Å². The fraction of sp³-hybridized carbons (Fsp3) is 0.214. The minimum Gasteiger partial charge on any atom is -0.480 e. The van der Waals surface area contributed by atoms with Gasteiger partial charge in [0, 0.05) is 18.9 Å². The summed E-state index contributed by atoms with van der Waals surface area (Å²) in [7, 11) is 2.69. The van der Waals surface area contributed by atoms with E-state index in [9.17, 15) is 13.2 Å². The number of ether oxygens (including phenoxy) is 1. The standard InChI is InChI=1S/C14H11F3N4O/c1-21(10-5-3-4-9(6-10)7-18)13-19-8-11(14(15,16)17)12(20-13)22-2/h3-6,8H,1-2H3. The molecule has 2 aromatic rings. The molecule has 0 aliphatic rings. The third-order valence-electron chi connectivity index (χ3n) is 2.90. The van der Waals surface area contributed by atoms with Crippen LogP contribution in [0.2, 0.25) is 0 Å². The van der Waals surface area contributed by atoms with E-state index in [0.29, 0.717) is 17.4 Å². The van der Waals surface area contributed by atoms with Crippen molar-refractivity contribution in [2.75, 3.05) is 19.1 Å². The van der Waals surface area contributed by atoms with E-state index >= 15 is 0 Å². The van der Waals surface area contributed by atoms with Crippen LogP contribution in [0.5, 0.6) is 5.88 Å². The van der Waals surface area contributed by atoms with E-state index in [1.54, 1.807) is 31.3 Å².